The van der Waals surface area contributed by atoms with Crippen molar-refractivity contribution in [1.82, 2.24) is 4.98 Å². The molecule has 24 heavy (non-hydrogen) atoms. The molecule has 124 valence electrons. The molecule has 7 heteroatoms. The monoisotopic (exact) mass is 380 g/mol. The number of ether oxygens (including phenoxy) is 1. The Balaban J connectivity index is 1.67. The molecule has 1 heterocycles. The van der Waals surface area contributed by atoms with Crippen LogP contribution in [0.25, 0.3) is 10.2 Å². The Hall–Kier alpha value is -1.82. The second-order valence-corrected chi connectivity index (χ2v) is 7.15. The standard InChI is InChI=1S/C17H14Cl2N2O2S/c1-9-3-5-12(10(2)7-9)23-8-14(22)20-17-21-16-13(24-17)6-4-11(18)15(16)19/h3-7H,8H2,1-2H3,(H,20,21,22). The molecular weight excluding hydrogens is 367 g/mol. The lowest BCUT2D eigenvalue weighted by Gasteiger charge is -2.09. The molecule has 0 spiro atoms. The Morgan fingerprint density at radius 2 is 2.04 bits per heavy atom. The van der Waals surface area contributed by atoms with Crippen LogP contribution in [0.2, 0.25) is 10.0 Å². The summed E-state index contributed by atoms with van der Waals surface area (Å²) in [7, 11) is 0. The van der Waals surface area contributed by atoms with Crippen molar-refractivity contribution in [3.63, 3.8) is 0 Å². The van der Waals surface area contributed by atoms with Gasteiger partial charge >= 0.3 is 0 Å². The first kappa shape index (κ1) is 17.0. The van der Waals surface area contributed by atoms with Crippen LogP contribution in [0.1, 0.15) is 11.1 Å². The SMILES string of the molecule is Cc1ccc(OCC(=O)Nc2nc3c(Cl)c(Cl)ccc3s2)c(C)c1. The zero-order valence-electron chi connectivity index (χ0n) is 13.0. The zero-order valence-corrected chi connectivity index (χ0v) is 15.4. The van der Waals surface area contributed by atoms with E-state index in [1.54, 1.807) is 6.07 Å². The minimum Gasteiger partial charge on any atom is -0.483 e. The van der Waals surface area contributed by atoms with Crippen molar-refractivity contribution >= 4 is 55.8 Å². The number of aromatic nitrogens is 1. The van der Waals surface area contributed by atoms with Gasteiger partial charge < -0.3 is 4.74 Å². The van der Waals surface area contributed by atoms with Crippen LogP contribution in [-0.2, 0) is 4.79 Å². The Morgan fingerprint density at radius 1 is 1.25 bits per heavy atom. The number of carbonyl (C=O) groups is 1. The first-order valence-corrected chi connectivity index (χ1v) is 8.76. The molecular formula is C17H14Cl2N2O2S. The second kappa shape index (κ2) is 6.97. The number of thiazole rings is 1. The summed E-state index contributed by atoms with van der Waals surface area (Å²) in [4.78, 5) is 16.4. The van der Waals surface area contributed by atoms with Crippen LogP contribution in [-0.4, -0.2) is 17.5 Å². The molecule has 0 fully saturated rings. The average molecular weight is 381 g/mol. The van der Waals surface area contributed by atoms with Gasteiger partial charge in [0.2, 0.25) is 0 Å². The van der Waals surface area contributed by atoms with Gasteiger partial charge in [0.25, 0.3) is 5.91 Å². The maximum atomic E-state index is 12.1. The predicted octanol–water partition coefficient (Wildman–Crippen LogP) is 5.24. The third kappa shape index (κ3) is 3.64. The normalized spacial score (nSPS) is 10.8. The molecule has 0 aliphatic heterocycles. The van der Waals surface area contributed by atoms with Gasteiger partial charge in [0, 0.05) is 0 Å². The minimum absolute atomic E-state index is 0.0890. The summed E-state index contributed by atoms with van der Waals surface area (Å²) in [5.41, 5.74) is 2.72. The number of nitrogens with zero attached hydrogens (tertiary/aromatic N) is 1. The van der Waals surface area contributed by atoms with Crippen LogP contribution in [0.3, 0.4) is 0 Å². The van der Waals surface area contributed by atoms with Crippen LogP contribution in [0.4, 0.5) is 5.13 Å². The van der Waals surface area contributed by atoms with Gasteiger partial charge in [-0.05, 0) is 37.6 Å². The van der Waals surface area contributed by atoms with Crippen LogP contribution in [0, 0.1) is 13.8 Å². The van der Waals surface area contributed by atoms with Crippen LogP contribution < -0.4 is 10.1 Å². The molecule has 2 aromatic carbocycles. The molecule has 0 aliphatic carbocycles. The molecule has 0 aliphatic rings. The number of carbonyl (C=O) groups excluding carboxylic acids is 1. The molecule has 1 amide bonds. The lowest BCUT2D eigenvalue weighted by molar-refractivity contribution is -0.118. The highest BCUT2D eigenvalue weighted by molar-refractivity contribution is 7.22. The molecule has 1 aromatic heterocycles. The highest BCUT2D eigenvalue weighted by Gasteiger charge is 2.12. The molecule has 3 aromatic rings. The fraction of sp³-hybridized carbons (Fsp3) is 0.176. The van der Waals surface area contributed by atoms with Crippen LogP contribution in [0.5, 0.6) is 5.75 Å². The number of rotatable bonds is 4. The quantitative estimate of drug-likeness (QED) is 0.673. The summed E-state index contributed by atoms with van der Waals surface area (Å²) in [6.07, 6.45) is 0. The summed E-state index contributed by atoms with van der Waals surface area (Å²) in [5.74, 6) is 0.408. The van der Waals surface area contributed by atoms with E-state index in [-0.39, 0.29) is 12.5 Å². The number of hydrogen-bond donors (Lipinski definition) is 1. The number of halogens is 2. The van der Waals surface area contributed by atoms with Crippen LogP contribution >= 0.6 is 34.5 Å². The lowest BCUT2D eigenvalue weighted by Crippen LogP contribution is -2.20. The summed E-state index contributed by atoms with van der Waals surface area (Å²) in [5, 5.41) is 4.00. The van der Waals surface area contributed by atoms with Crippen molar-refractivity contribution in [1.29, 1.82) is 0 Å². The van der Waals surface area contributed by atoms with Crippen molar-refractivity contribution in [3.8, 4) is 5.75 Å². The van der Waals surface area contributed by atoms with E-state index in [0.29, 0.717) is 26.4 Å². The van der Waals surface area contributed by atoms with E-state index in [1.807, 2.05) is 38.1 Å². The number of fused-ring (bicyclic) bond motifs is 1. The number of aryl methyl sites for hydroxylation is 2. The zero-order chi connectivity index (χ0) is 17.3. The average Bonchev–Trinajstić information content (AvgIpc) is 2.93. The third-order valence-corrected chi connectivity index (χ3v) is 5.12. The maximum Gasteiger partial charge on any atom is 0.264 e. The largest absolute Gasteiger partial charge is 0.483 e. The van der Waals surface area contributed by atoms with Crippen molar-refractivity contribution < 1.29 is 9.53 Å². The molecule has 0 atom stereocenters. The summed E-state index contributed by atoms with van der Waals surface area (Å²) in [6.45, 7) is 3.86. The van der Waals surface area contributed by atoms with E-state index in [2.05, 4.69) is 10.3 Å². The fourth-order valence-electron chi connectivity index (χ4n) is 2.25. The number of nitrogens with one attached hydrogen (secondary N) is 1. The van der Waals surface area contributed by atoms with E-state index in [1.165, 1.54) is 11.3 Å². The second-order valence-electron chi connectivity index (χ2n) is 5.33. The van der Waals surface area contributed by atoms with Gasteiger partial charge in [-0.25, -0.2) is 4.98 Å². The van der Waals surface area contributed by atoms with E-state index in [9.17, 15) is 4.79 Å². The van der Waals surface area contributed by atoms with Gasteiger partial charge in [-0.2, -0.15) is 0 Å². The van der Waals surface area contributed by atoms with Gasteiger partial charge in [-0.15, -0.1) is 0 Å². The van der Waals surface area contributed by atoms with E-state index in [4.69, 9.17) is 27.9 Å². The summed E-state index contributed by atoms with van der Waals surface area (Å²) < 4.78 is 6.42. The maximum absolute atomic E-state index is 12.1. The van der Waals surface area contributed by atoms with Crippen molar-refractivity contribution in [2.24, 2.45) is 0 Å². The molecule has 0 unspecified atom stereocenters. The van der Waals surface area contributed by atoms with Gasteiger partial charge in [0.05, 0.1) is 14.7 Å². The third-order valence-electron chi connectivity index (χ3n) is 3.39. The highest BCUT2D eigenvalue weighted by Crippen LogP contribution is 2.35. The number of amides is 1. The van der Waals surface area contributed by atoms with Crippen molar-refractivity contribution in [3.05, 3.63) is 51.5 Å². The van der Waals surface area contributed by atoms with Gasteiger partial charge in [0.1, 0.15) is 11.3 Å². The molecule has 4 nitrogen and oxygen atoms in total. The molecule has 1 N–H and O–H groups in total. The fourth-order valence-corrected chi connectivity index (χ4v) is 3.56. The minimum atomic E-state index is -0.281. The first-order chi connectivity index (χ1) is 11.4. The Labute approximate surface area is 153 Å². The molecule has 0 bridgehead atoms. The van der Waals surface area contributed by atoms with E-state index >= 15 is 0 Å². The van der Waals surface area contributed by atoms with Gasteiger partial charge in [-0.3, -0.25) is 10.1 Å². The molecule has 0 radical (unpaired) electrons. The highest BCUT2D eigenvalue weighted by atomic mass is 35.5. The topological polar surface area (TPSA) is 51.2 Å². The Kier molecular flexibility index (Phi) is 4.94. The number of hydrogen-bond acceptors (Lipinski definition) is 4. The number of anilines is 1. The van der Waals surface area contributed by atoms with E-state index in [0.717, 1.165) is 15.8 Å². The number of benzene rings is 2. The van der Waals surface area contributed by atoms with Gasteiger partial charge in [0.15, 0.2) is 11.7 Å². The molecule has 0 saturated carbocycles. The summed E-state index contributed by atoms with van der Waals surface area (Å²) >= 11 is 13.4. The first-order valence-electron chi connectivity index (χ1n) is 7.18. The Bertz CT molecular complexity index is 924. The Morgan fingerprint density at radius 3 is 2.79 bits per heavy atom. The molecule has 0 saturated heterocycles. The van der Waals surface area contributed by atoms with Gasteiger partial charge in [-0.1, -0.05) is 52.2 Å². The smallest absolute Gasteiger partial charge is 0.264 e. The van der Waals surface area contributed by atoms with Crippen molar-refractivity contribution in [2.45, 2.75) is 13.8 Å². The predicted molar refractivity (Wildman–Crippen MR) is 99.7 cm³/mol. The molecule has 3 rings (SSSR count). The van der Waals surface area contributed by atoms with Crippen LogP contribution in [0.15, 0.2) is 30.3 Å². The summed E-state index contributed by atoms with van der Waals surface area (Å²) in [6, 6.07) is 9.34. The van der Waals surface area contributed by atoms with E-state index < -0.39 is 0 Å². The lowest BCUT2D eigenvalue weighted by atomic mass is 10.1. The van der Waals surface area contributed by atoms with Crippen molar-refractivity contribution in [2.75, 3.05) is 11.9 Å².